The summed E-state index contributed by atoms with van der Waals surface area (Å²) in [7, 11) is 1.88. The van der Waals surface area contributed by atoms with Crippen LogP contribution in [0.15, 0.2) is 36.7 Å². The molecule has 0 spiro atoms. The van der Waals surface area contributed by atoms with Gasteiger partial charge in [-0.1, -0.05) is 32.0 Å². The summed E-state index contributed by atoms with van der Waals surface area (Å²) in [5, 5.41) is 16.7. The molecule has 0 aliphatic heterocycles. The molecular weight excluding hydrogens is 278 g/mol. The summed E-state index contributed by atoms with van der Waals surface area (Å²) in [5.41, 5.74) is 3.14. The number of rotatable bonds is 6. The van der Waals surface area contributed by atoms with Gasteiger partial charge in [-0.2, -0.15) is 5.10 Å². The van der Waals surface area contributed by atoms with Crippen LogP contribution in [0.1, 0.15) is 25.8 Å². The molecule has 1 atom stereocenters. The molecular formula is C17H23N3O2. The molecule has 0 aliphatic rings. The van der Waals surface area contributed by atoms with E-state index in [2.05, 4.69) is 10.4 Å². The molecule has 118 valence electrons. The molecule has 0 saturated carbocycles. The van der Waals surface area contributed by atoms with Gasteiger partial charge in [0.25, 0.3) is 0 Å². The van der Waals surface area contributed by atoms with Crippen molar-refractivity contribution in [3.8, 4) is 11.1 Å². The highest BCUT2D eigenvalue weighted by molar-refractivity contribution is 5.76. The average Bonchev–Trinajstić information content (AvgIpc) is 2.92. The van der Waals surface area contributed by atoms with Crippen molar-refractivity contribution in [2.75, 3.05) is 0 Å². The van der Waals surface area contributed by atoms with Crippen molar-refractivity contribution < 1.29 is 9.90 Å². The molecule has 2 rings (SSSR count). The third-order valence-electron chi connectivity index (χ3n) is 3.62. The molecule has 2 aromatic rings. The lowest BCUT2D eigenvalue weighted by Crippen LogP contribution is -2.29. The molecule has 1 unspecified atom stereocenters. The van der Waals surface area contributed by atoms with Crippen molar-refractivity contribution in [2.45, 2.75) is 32.9 Å². The number of hydrogen-bond donors (Lipinski definition) is 2. The highest BCUT2D eigenvalue weighted by atomic mass is 16.3. The third-order valence-corrected chi connectivity index (χ3v) is 3.62. The first-order valence-electron chi connectivity index (χ1n) is 7.48. The van der Waals surface area contributed by atoms with Crippen LogP contribution < -0.4 is 5.32 Å². The Morgan fingerprint density at radius 2 is 2.14 bits per heavy atom. The van der Waals surface area contributed by atoms with Gasteiger partial charge in [-0.15, -0.1) is 0 Å². The molecule has 0 bridgehead atoms. The minimum Gasteiger partial charge on any atom is -0.392 e. The number of aryl methyl sites for hydroxylation is 1. The second-order valence-corrected chi connectivity index (χ2v) is 5.90. The lowest BCUT2D eigenvalue weighted by atomic mass is 10.0. The van der Waals surface area contributed by atoms with Crippen molar-refractivity contribution in [2.24, 2.45) is 13.0 Å². The van der Waals surface area contributed by atoms with Gasteiger partial charge in [0, 0.05) is 25.4 Å². The van der Waals surface area contributed by atoms with E-state index in [-0.39, 0.29) is 18.2 Å². The van der Waals surface area contributed by atoms with Crippen molar-refractivity contribution in [1.29, 1.82) is 0 Å². The highest BCUT2D eigenvalue weighted by Crippen LogP contribution is 2.19. The van der Waals surface area contributed by atoms with Crippen LogP contribution in [-0.2, 0) is 18.4 Å². The molecule has 1 heterocycles. The summed E-state index contributed by atoms with van der Waals surface area (Å²) in [6.07, 6.45) is 3.31. The first-order valence-corrected chi connectivity index (χ1v) is 7.48. The summed E-state index contributed by atoms with van der Waals surface area (Å²) < 4.78 is 1.76. The van der Waals surface area contributed by atoms with E-state index >= 15 is 0 Å². The standard InChI is InChI=1S/C17H23N3O2/c1-12(2)16(21)8-17(22)18-9-13-5-4-6-14(7-13)15-10-19-20(3)11-15/h4-7,10-12,16,21H,8-9H2,1-3H3,(H,18,22). The molecule has 5 heteroatoms. The first kappa shape index (κ1) is 16.2. The lowest BCUT2D eigenvalue weighted by Gasteiger charge is -2.14. The van der Waals surface area contributed by atoms with Gasteiger partial charge < -0.3 is 10.4 Å². The zero-order valence-corrected chi connectivity index (χ0v) is 13.3. The second-order valence-electron chi connectivity index (χ2n) is 5.90. The minimum atomic E-state index is -0.596. The number of nitrogens with one attached hydrogen (secondary N) is 1. The number of aromatic nitrogens is 2. The fourth-order valence-electron chi connectivity index (χ4n) is 2.13. The zero-order valence-electron chi connectivity index (χ0n) is 13.3. The number of nitrogens with zero attached hydrogens (tertiary/aromatic N) is 2. The lowest BCUT2D eigenvalue weighted by molar-refractivity contribution is -0.123. The van der Waals surface area contributed by atoms with Gasteiger partial charge in [0.15, 0.2) is 0 Å². The number of carbonyl (C=O) groups is 1. The van der Waals surface area contributed by atoms with E-state index in [4.69, 9.17) is 0 Å². The Bertz CT molecular complexity index is 634. The molecule has 22 heavy (non-hydrogen) atoms. The molecule has 0 aliphatic carbocycles. The molecule has 5 nitrogen and oxygen atoms in total. The Labute approximate surface area is 131 Å². The van der Waals surface area contributed by atoms with Gasteiger partial charge in [0.05, 0.1) is 18.7 Å². The van der Waals surface area contributed by atoms with E-state index in [1.165, 1.54) is 0 Å². The number of benzene rings is 1. The van der Waals surface area contributed by atoms with E-state index in [0.717, 1.165) is 16.7 Å². The van der Waals surface area contributed by atoms with Crippen molar-refractivity contribution in [3.63, 3.8) is 0 Å². The fourth-order valence-corrected chi connectivity index (χ4v) is 2.13. The number of aliphatic hydroxyl groups excluding tert-OH is 1. The number of amides is 1. The van der Waals surface area contributed by atoms with E-state index in [0.29, 0.717) is 6.54 Å². The molecule has 0 fully saturated rings. The van der Waals surface area contributed by atoms with Gasteiger partial charge in [0.2, 0.25) is 5.91 Å². The predicted octanol–water partition coefficient (Wildman–Crippen LogP) is 2.11. The van der Waals surface area contributed by atoms with Gasteiger partial charge in [0.1, 0.15) is 0 Å². The second kappa shape index (κ2) is 7.22. The van der Waals surface area contributed by atoms with Crippen LogP contribution in [0.4, 0.5) is 0 Å². The fraction of sp³-hybridized carbons (Fsp3) is 0.412. The minimum absolute atomic E-state index is 0.0830. The Morgan fingerprint density at radius 1 is 1.36 bits per heavy atom. The highest BCUT2D eigenvalue weighted by Gasteiger charge is 2.14. The molecule has 0 radical (unpaired) electrons. The Balaban J connectivity index is 1.95. The van der Waals surface area contributed by atoms with Crippen molar-refractivity contribution in [1.82, 2.24) is 15.1 Å². The maximum Gasteiger partial charge on any atom is 0.222 e. The smallest absolute Gasteiger partial charge is 0.222 e. The molecule has 1 amide bonds. The van der Waals surface area contributed by atoms with E-state index in [1.807, 2.05) is 57.6 Å². The van der Waals surface area contributed by atoms with Crippen LogP contribution in [0.3, 0.4) is 0 Å². The Hall–Kier alpha value is -2.14. The van der Waals surface area contributed by atoms with E-state index < -0.39 is 6.10 Å². The first-order chi connectivity index (χ1) is 10.5. The largest absolute Gasteiger partial charge is 0.392 e. The number of hydrogen-bond acceptors (Lipinski definition) is 3. The zero-order chi connectivity index (χ0) is 16.1. The summed E-state index contributed by atoms with van der Waals surface area (Å²) in [6.45, 7) is 4.25. The predicted molar refractivity (Wildman–Crippen MR) is 86.0 cm³/mol. The van der Waals surface area contributed by atoms with Crippen LogP contribution in [0.5, 0.6) is 0 Å². The van der Waals surface area contributed by atoms with Crippen molar-refractivity contribution in [3.05, 3.63) is 42.2 Å². The summed E-state index contributed by atoms with van der Waals surface area (Å²) in [6, 6.07) is 7.99. The topological polar surface area (TPSA) is 67.2 Å². The third kappa shape index (κ3) is 4.43. The van der Waals surface area contributed by atoms with Crippen LogP contribution in [0.2, 0.25) is 0 Å². The van der Waals surface area contributed by atoms with E-state index in [9.17, 15) is 9.90 Å². The van der Waals surface area contributed by atoms with Crippen LogP contribution in [-0.4, -0.2) is 26.9 Å². The maximum atomic E-state index is 11.8. The van der Waals surface area contributed by atoms with Crippen LogP contribution in [0.25, 0.3) is 11.1 Å². The molecule has 1 aromatic heterocycles. The maximum absolute atomic E-state index is 11.8. The molecule has 1 aromatic carbocycles. The summed E-state index contributed by atoms with van der Waals surface area (Å²) in [5.74, 6) is -0.0485. The van der Waals surface area contributed by atoms with Gasteiger partial charge in [-0.25, -0.2) is 0 Å². The van der Waals surface area contributed by atoms with Gasteiger partial charge >= 0.3 is 0 Å². The quantitative estimate of drug-likeness (QED) is 0.858. The normalized spacial score (nSPS) is 12.4. The molecule has 0 saturated heterocycles. The van der Waals surface area contributed by atoms with E-state index in [1.54, 1.807) is 4.68 Å². The Morgan fingerprint density at radius 3 is 2.77 bits per heavy atom. The number of aliphatic hydroxyl groups is 1. The van der Waals surface area contributed by atoms with Gasteiger partial charge in [-0.3, -0.25) is 9.48 Å². The SMILES string of the molecule is CC(C)C(O)CC(=O)NCc1cccc(-c2cnn(C)c2)c1. The Kier molecular flexibility index (Phi) is 5.33. The van der Waals surface area contributed by atoms with Crippen LogP contribution in [0, 0.1) is 5.92 Å². The monoisotopic (exact) mass is 301 g/mol. The average molecular weight is 301 g/mol. The summed E-state index contributed by atoms with van der Waals surface area (Å²) >= 11 is 0. The van der Waals surface area contributed by atoms with Crippen molar-refractivity contribution >= 4 is 5.91 Å². The van der Waals surface area contributed by atoms with Gasteiger partial charge in [-0.05, 0) is 23.1 Å². The number of carbonyl (C=O) groups excluding carboxylic acids is 1. The summed E-state index contributed by atoms with van der Waals surface area (Å²) in [4.78, 5) is 11.8. The molecule has 2 N–H and O–H groups in total. The van der Waals surface area contributed by atoms with Crippen LogP contribution >= 0.6 is 0 Å².